The van der Waals surface area contributed by atoms with E-state index in [0.29, 0.717) is 23.0 Å². The quantitative estimate of drug-likeness (QED) is 0.815. The van der Waals surface area contributed by atoms with Gasteiger partial charge in [0.15, 0.2) is 15.5 Å². The summed E-state index contributed by atoms with van der Waals surface area (Å²) in [7, 11) is -1.37. The average molecular weight is 378 g/mol. The van der Waals surface area contributed by atoms with Crippen LogP contribution in [0.2, 0.25) is 0 Å². The summed E-state index contributed by atoms with van der Waals surface area (Å²) in [6.07, 6.45) is 2.17. The molecular weight excluding hydrogens is 352 g/mol. The normalized spacial score (nSPS) is 19.6. The molecule has 1 saturated heterocycles. The Labute approximate surface area is 154 Å². The zero-order valence-electron chi connectivity index (χ0n) is 15.9. The molecule has 0 saturated carbocycles. The van der Waals surface area contributed by atoms with Gasteiger partial charge >= 0.3 is 0 Å². The lowest BCUT2D eigenvalue weighted by atomic mass is 10.0. The van der Waals surface area contributed by atoms with Gasteiger partial charge in [-0.3, -0.25) is 4.79 Å². The molecule has 1 aliphatic rings. The predicted molar refractivity (Wildman–Crippen MR) is 101 cm³/mol. The van der Waals surface area contributed by atoms with Gasteiger partial charge in [-0.2, -0.15) is 5.10 Å². The number of amides is 1. The number of fused-ring (bicyclic) bond motifs is 1. The smallest absolute Gasteiger partial charge is 0.254 e. The van der Waals surface area contributed by atoms with E-state index in [0.717, 1.165) is 5.69 Å². The molecule has 1 atom stereocenters. The van der Waals surface area contributed by atoms with Crippen molar-refractivity contribution < 1.29 is 13.2 Å². The molecule has 3 rings (SSSR count). The highest BCUT2D eigenvalue weighted by Gasteiger charge is 2.34. The molecule has 0 radical (unpaired) electrons. The number of pyridine rings is 1. The minimum absolute atomic E-state index is 0.0335. The molecule has 7 nitrogen and oxygen atoms in total. The number of carbonyl (C=O) groups is 1. The first-order valence-electron chi connectivity index (χ1n) is 8.96. The van der Waals surface area contributed by atoms with Crippen molar-refractivity contribution >= 4 is 26.8 Å². The third kappa shape index (κ3) is 3.34. The van der Waals surface area contributed by atoms with Crippen molar-refractivity contribution in [3.05, 3.63) is 23.5 Å². The zero-order valence-corrected chi connectivity index (χ0v) is 16.7. The van der Waals surface area contributed by atoms with Gasteiger partial charge in [0.25, 0.3) is 5.91 Å². The minimum atomic E-state index is -3.05. The van der Waals surface area contributed by atoms with Gasteiger partial charge in [-0.1, -0.05) is 13.8 Å². The predicted octanol–water partition coefficient (Wildman–Crippen LogP) is 2.39. The fraction of sp³-hybridized carbons (Fsp3) is 0.611. The summed E-state index contributed by atoms with van der Waals surface area (Å²) in [6, 6.07) is 1.67. The molecular formula is C18H26N4O3S. The zero-order chi connectivity index (χ0) is 19.2. The molecule has 26 heavy (non-hydrogen) atoms. The molecule has 0 N–H and O–H groups in total. The number of hydrogen-bond acceptors (Lipinski definition) is 5. The molecule has 142 valence electrons. The van der Waals surface area contributed by atoms with Gasteiger partial charge in [-0.05, 0) is 32.3 Å². The molecule has 3 heterocycles. The van der Waals surface area contributed by atoms with E-state index in [2.05, 4.69) is 5.10 Å². The Bertz CT molecular complexity index is 947. The van der Waals surface area contributed by atoms with Gasteiger partial charge in [-0.25, -0.2) is 18.1 Å². The maximum Gasteiger partial charge on any atom is 0.254 e. The van der Waals surface area contributed by atoms with Gasteiger partial charge in [0.1, 0.15) is 0 Å². The largest absolute Gasteiger partial charge is 0.338 e. The number of sulfone groups is 1. The Morgan fingerprint density at radius 2 is 2.00 bits per heavy atom. The Hall–Kier alpha value is -1.96. The SMILES string of the molecule is CC(C)c1cc(C(=O)N(C)C2CCS(=O)(=O)C2)c2cnn(C(C)C)c2n1. The molecule has 1 aliphatic heterocycles. The van der Waals surface area contributed by atoms with Gasteiger partial charge in [0.2, 0.25) is 0 Å². The first kappa shape index (κ1) is 18.8. The summed E-state index contributed by atoms with van der Waals surface area (Å²) in [5.74, 6) is 0.165. The van der Waals surface area contributed by atoms with Crippen LogP contribution in [0.25, 0.3) is 11.0 Å². The van der Waals surface area contributed by atoms with E-state index in [1.807, 2.05) is 38.4 Å². The van der Waals surface area contributed by atoms with E-state index in [9.17, 15) is 13.2 Å². The van der Waals surface area contributed by atoms with E-state index in [-0.39, 0.29) is 35.4 Å². The second-order valence-electron chi connectivity index (χ2n) is 7.64. The Morgan fingerprint density at radius 1 is 1.31 bits per heavy atom. The van der Waals surface area contributed by atoms with Gasteiger partial charge in [0.05, 0.1) is 28.7 Å². The number of rotatable bonds is 4. The molecule has 1 fully saturated rings. The fourth-order valence-corrected chi connectivity index (χ4v) is 5.10. The van der Waals surface area contributed by atoms with E-state index < -0.39 is 9.84 Å². The van der Waals surface area contributed by atoms with Gasteiger partial charge < -0.3 is 4.90 Å². The monoisotopic (exact) mass is 378 g/mol. The first-order valence-corrected chi connectivity index (χ1v) is 10.8. The van der Waals surface area contributed by atoms with Crippen LogP contribution in [0.1, 0.15) is 62.1 Å². The summed E-state index contributed by atoms with van der Waals surface area (Å²) in [5, 5.41) is 5.11. The second kappa shape index (κ2) is 6.64. The topological polar surface area (TPSA) is 85.2 Å². The van der Waals surface area contributed by atoms with E-state index in [1.165, 1.54) is 0 Å². The number of hydrogen-bond donors (Lipinski definition) is 0. The molecule has 1 amide bonds. The lowest BCUT2D eigenvalue weighted by Gasteiger charge is -2.24. The van der Waals surface area contributed by atoms with Crippen LogP contribution in [0.4, 0.5) is 0 Å². The summed E-state index contributed by atoms with van der Waals surface area (Å²) in [6.45, 7) is 8.11. The van der Waals surface area contributed by atoms with Crippen molar-refractivity contribution in [2.75, 3.05) is 18.6 Å². The van der Waals surface area contributed by atoms with Crippen molar-refractivity contribution in [2.45, 2.75) is 52.1 Å². The van der Waals surface area contributed by atoms with E-state index in [1.54, 1.807) is 18.1 Å². The van der Waals surface area contributed by atoms with Crippen LogP contribution in [0.15, 0.2) is 12.3 Å². The van der Waals surface area contributed by atoms with Crippen LogP contribution in [-0.2, 0) is 9.84 Å². The summed E-state index contributed by atoms with van der Waals surface area (Å²) >= 11 is 0. The number of nitrogens with zero attached hydrogens (tertiary/aromatic N) is 4. The fourth-order valence-electron chi connectivity index (χ4n) is 3.32. The van der Waals surface area contributed by atoms with Gasteiger partial charge in [0, 0.05) is 24.8 Å². The van der Waals surface area contributed by atoms with E-state index >= 15 is 0 Å². The summed E-state index contributed by atoms with van der Waals surface area (Å²) in [4.78, 5) is 19.5. The van der Waals surface area contributed by atoms with Crippen molar-refractivity contribution in [3.63, 3.8) is 0 Å². The second-order valence-corrected chi connectivity index (χ2v) is 9.87. The molecule has 1 unspecified atom stereocenters. The molecule has 2 aromatic rings. The molecule has 0 aliphatic carbocycles. The third-order valence-electron chi connectivity index (χ3n) is 4.97. The van der Waals surface area contributed by atoms with Crippen LogP contribution >= 0.6 is 0 Å². The van der Waals surface area contributed by atoms with Crippen LogP contribution in [-0.4, -0.2) is 58.6 Å². The highest BCUT2D eigenvalue weighted by molar-refractivity contribution is 7.91. The van der Waals surface area contributed by atoms with Crippen molar-refractivity contribution in [2.24, 2.45) is 0 Å². The first-order chi connectivity index (χ1) is 12.1. The average Bonchev–Trinajstić information content (AvgIpc) is 3.15. The number of carbonyl (C=O) groups excluding carboxylic acids is 1. The third-order valence-corrected chi connectivity index (χ3v) is 6.72. The molecule has 0 bridgehead atoms. The lowest BCUT2D eigenvalue weighted by Crippen LogP contribution is -2.38. The summed E-state index contributed by atoms with van der Waals surface area (Å²) < 4.78 is 25.4. The maximum absolute atomic E-state index is 13.2. The lowest BCUT2D eigenvalue weighted by molar-refractivity contribution is 0.0749. The van der Waals surface area contributed by atoms with Crippen molar-refractivity contribution in [1.29, 1.82) is 0 Å². The Balaban J connectivity index is 2.07. The molecule has 2 aromatic heterocycles. The van der Waals surface area contributed by atoms with Crippen molar-refractivity contribution in [3.8, 4) is 0 Å². The Kier molecular flexibility index (Phi) is 4.81. The Morgan fingerprint density at radius 3 is 2.54 bits per heavy atom. The molecule has 0 spiro atoms. The minimum Gasteiger partial charge on any atom is -0.338 e. The molecule has 8 heteroatoms. The highest BCUT2D eigenvalue weighted by Crippen LogP contribution is 2.27. The maximum atomic E-state index is 13.2. The van der Waals surface area contributed by atoms with Crippen molar-refractivity contribution in [1.82, 2.24) is 19.7 Å². The van der Waals surface area contributed by atoms with Gasteiger partial charge in [-0.15, -0.1) is 0 Å². The van der Waals surface area contributed by atoms with Crippen LogP contribution in [0.3, 0.4) is 0 Å². The standard InChI is InChI=1S/C18H26N4O3S/c1-11(2)16-8-14(15-9-19-22(12(3)4)17(15)20-16)18(23)21(5)13-6-7-26(24,25)10-13/h8-9,11-13H,6-7,10H2,1-5H3. The van der Waals surface area contributed by atoms with E-state index in [4.69, 9.17) is 4.98 Å². The molecule has 0 aromatic carbocycles. The number of aromatic nitrogens is 3. The van der Waals surface area contributed by atoms with Crippen LogP contribution in [0, 0.1) is 0 Å². The van der Waals surface area contributed by atoms with Crippen LogP contribution < -0.4 is 0 Å². The summed E-state index contributed by atoms with van der Waals surface area (Å²) in [5.41, 5.74) is 2.06. The highest BCUT2D eigenvalue weighted by atomic mass is 32.2. The van der Waals surface area contributed by atoms with Crippen LogP contribution in [0.5, 0.6) is 0 Å².